The van der Waals surface area contributed by atoms with Crippen molar-refractivity contribution in [3.63, 3.8) is 0 Å². The molecule has 0 fully saturated rings. The Balaban J connectivity index is 3.94. The summed E-state index contributed by atoms with van der Waals surface area (Å²) >= 11 is 4.21. The fourth-order valence-electron chi connectivity index (χ4n) is 0.991. The van der Waals surface area contributed by atoms with E-state index in [-0.39, 0.29) is 12.0 Å². The van der Waals surface area contributed by atoms with Crippen molar-refractivity contribution < 1.29 is 4.39 Å². The highest BCUT2D eigenvalue weighted by Gasteiger charge is 2.05. The molecule has 0 saturated heterocycles. The minimum absolute atomic E-state index is 0.142. The van der Waals surface area contributed by atoms with Crippen molar-refractivity contribution in [3.05, 3.63) is 11.6 Å². The lowest BCUT2D eigenvalue weighted by Crippen LogP contribution is -2.32. The fourth-order valence-corrected chi connectivity index (χ4v) is 1.23. The summed E-state index contributed by atoms with van der Waals surface area (Å²) in [5.74, 6) is 5.21. The second-order valence-electron chi connectivity index (χ2n) is 2.55. The van der Waals surface area contributed by atoms with Gasteiger partial charge in [0.2, 0.25) is 0 Å². The highest BCUT2D eigenvalue weighted by Crippen LogP contribution is 2.13. The van der Waals surface area contributed by atoms with Crippen molar-refractivity contribution in [3.8, 4) is 0 Å². The van der Waals surface area contributed by atoms with E-state index in [1.165, 1.54) is 0 Å². The number of nitrogens with two attached hydrogens (primary N) is 1. The molecule has 1 unspecified atom stereocenters. The normalized spacial score (nSPS) is 14.8. The Morgan fingerprint density at radius 1 is 1.75 bits per heavy atom. The van der Waals surface area contributed by atoms with E-state index in [2.05, 4.69) is 18.1 Å². The molecule has 0 amide bonds. The van der Waals surface area contributed by atoms with E-state index >= 15 is 0 Å². The molecule has 0 spiro atoms. The molecule has 72 valence electrons. The van der Waals surface area contributed by atoms with Gasteiger partial charge in [0.25, 0.3) is 0 Å². The van der Waals surface area contributed by atoms with Gasteiger partial charge in [-0.3, -0.25) is 10.2 Å². The van der Waals surface area contributed by atoms with Gasteiger partial charge in [-0.15, -0.1) is 0 Å². The number of alkyl halides is 1. The zero-order chi connectivity index (χ0) is 9.40. The second-order valence-corrected chi connectivity index (χ2v) is 3.07. The summed E-state index contributed by atoms with van der Waals surface area (Å²) in [7, 11) is 0. The number of halogens is 1. The Labute approximate surface area is 78.8 Å². The van der Waals surface area contributed by atoms with Crippen molar-refractivity contribution in [1.29, 1.82) is 0 Å². The summed E-state index contributed by atoms with van der Waals surface area (Å²) in [5.41, 5.74) is 3.60. The van der Waals surface area contributed by atoms with E-state index in [9.17, 15) is 4.39 Å². The van der Waals surface area contributed by atoms with Crippen LogP contribution in [-0.4, -0.2) is 12.0 Å². The topological polar surface area (TPSA) is 38.0 Å². The van der Waals surface area contributed by atoms with Gasteiger partial charge in [0.05, 0.1) is 12.0 Å². The molecule has 0 bridgehead atoms. The Kier molecular flexibility index (Phi) is 7.54. The highest BCUT2D eigenvalue weighted by atomic mass is 32.1. The first-order valence-corrected chi connectivity index (χ1v) is 4.67. The van der Waals surface area contributed by atoms with Gasteiger partial charge < -0.3 is 0 Å². The maximum absolute atomic E-state index is 11.9. The predicted octanol–water partition coefficient (Wildman–Crippen LogP) is 1.79. The summed E-state index contributed by atoms with van der Waals surface area (Å²) in [6, 6.07) is 0. The van der Waals surface area contributed by atoms with Crippen molar-refractivity contribution in [2.45, 2.75) is 31.6 Å². The van der Waals surface area contributed by atoms with E-state index in [4.69, 9.17) is 5.84 Å². The number of allylic oxidation sites excluding steroid dienone is 1. The zero-order valence-corrected chi connectivity index (χ0v) is 8.28. The van der Waals surface area contributed by atoms with Gasteiger partial charge in [-0.05, 0) is 24.8 Å². The molecule has 4 heteroatoms. The molecule has 1 atom stereocenters. The Morgan fingerprint density at radius 2 is 2.42 bits per heavy atom. The van der Waals surface area contributed by atoms with Crippen molar-refractivity contribution in [2.24, 2.45) is 5.84 Å². The molecule has 0 rings (SSSR count). The number of hydrazine groups is 1. The van der Waals surface area contributed by atoms with Crippen LogP contribution in [-0.2, 0) is 0 Å². The van der Waals surface area contributed by atoms with Gasteiger partial charge >= 0.3 is 0 Å². The molecular weight excluding hydrogens is 175 g/mol. The summed E-state index contributed by atoms with van der Waals surface area (Å²) < 4.78 is 11.9. The number of nitrogens with one attached hydrogen (secondary N) is 1. The standard InChI is InChI=1S/C8H17FN2S/c1-2-4-7(5-3-6-9)8(12)11-10/h4,8,11-12H,2-3,5-6,10H2,1H3/b7-4+. The SMILES string of the molecule is CC/C=C(\CCCF)C(S)NN. The van der Waals surface area contributed by atoms with E-state index in [1.807, 2.05) is 13.0 Å². The molecule has 0 saturated carbocycles. The first-order valence-electron chi connectivity index (χ1n) is 4.15. The molecule has 12 heavy (non-hydrogen) atoms. The van der Waals surface area contributed by atoms with Crippen LogP contribution >= 0.6 is 12.6 Å². The molecule has 0 aliphatic rings. The van der Waals surface area contributed by atoms with Crippen LogP contribution in [0.5, 0.6) is 0 Å². The largest absolute Gasteiger partial charge is 0.270 e. The lowest BCUT2D eigenvalue weighted by Gasteiger charge is -2.13. The quantitative estimate of drug-likeness (QED) is 0.197. The maximum atomic E-state index is 11.9. The minimum atomic E-state index is -0.286. The van der Waals surface area contributed by atoms with Crippen LogP contribution in [0.4, 0.5) is 4.39 Å². The van der Waals surface area contributed by atoms with Gasteiger partial charge in [-0.1, -0.05) is 13.0 Å². The number of thiol groups is 1. The van der Waals surface area contributed by atoms with Gasteiger partial charge in [-0.25, -0.2) is 5.43 Å². The smallest absolute Gasteiger partial charge is 0.0897 e. The molecule has 0 aliphatic carbocycles. The third kappa shape index (κ3) is 4.74. The fraction of sp³-hybridized carbons (Fsp3) is 0.750. The second kappa shape index (κ2) is 7.58. The lowest BCUT2D eigenvalue weighted by molar-refractivity contribution is 0.469. The van der Waals surface area contributed by atoms with Gasteiger partial charge in [0, 0.05) is 0 Å². The van der Waals surface area contributed by atoms with Crippen LogP contribution < -0.4 is 11.3 Å². The van der Waals surface area contributed by atoms with Crippen LogP contribution in [0.1, 0.15) is 26.2 Å². The average Bonchev–Trinajstić information content (AvgIpc) is 2.11. The van der Waals surface area contributed by atoms with Crippen molar-refractivity contribution >= 4 is 12.6 Å². The summed E-state index contributed by atoms with van der Waals surface area (Å²) in [6.07, 6.45) is 4.24. The van der Waals surface area contributed by atoms with E-state index in [0.717, 1.165) is 18.4 Å². The van der Waals surface area contributed by atoms with E-state index < -0.39 is 0 Å². The molecule has 0 aromatic carbocycles. The third-order valence-corrected chi connectivity index (χ3v) is 2.06. The molecular formula is C8H17FN2S. The third-order valence-electron chi connectivity index (χ3n) is 1.57. The summed E-state index contributed by atoms with van der Waals surface area (Å²) in [4.78, 5) is 0. The van der Waals surface area contributed by atoms with Crippen molar-refractivity contribution in [2.75, 3.05) is 6.67 Å². The van der Waals surface area contributed by atoms with Crippen LogP contribution in [0.2, 0.25) is 0 Å². The Bertz CT molecular complexity index is 139. The molecule has 0 aromatic heterocycles. The molecule has 0 aromatic rings. The maximum Gasteiger partial charge on any atom is 0.0897 e. The molecule has 3 N–H and O–H groups in total. The van der Waals surface area contributed by atoms with Gasteiger partial charge in [0.1, 0.15) is 0 Å². The molecule has 0 heterocycles. The average molecular weight is 192 g/mol. The van der Waals surface area contributed by atoms with Crippen LogP contribution in [0.25, 0.3) is 0 Å². The number of hydrogen-bond donors (Lipinski definition) is 3. The molecule has 0 aliphatic heterocycles. The Hall–Kier alpha value is -0.0600. The van der Waals surface area contributed by atoms with Crippen LogP contribution in [0, 0.1) is 0 Å². The van der Waals surface area contributed by atoms with E-state index in [1.54, 1.807) is 0 Å². The van der Waals surface area contributed by atoms with Gasteiger partial charge in [0.15, 0.2) is 0 Å². The highest BCUT2D eigenvalue weighted by molar-refractivity contribution is 7.81. The zero-order valence-electron chi connectivity index (χ0n) is 7.39. The van der Waals surface area contributed by atoms with Crippen LogP contribution in [0.15, 0.2) is 11.6 Å². The van der Waals surface area contributed by atoms with Crippen molar-refractivity contribution in [1.82, 2.24) is 5.43 Å². The summed E-state index contributed by atoms with van der Waals surface area (Å²) in [5, 5.41) is -0.142. The number of hydrogen-bond acceptors (Lipinski definition) is 3. The molecule has 2 nitrogen and oxygen atoms in total. The first-order chi connectivity index (χ1) is 5.76. The van der Waals surface area contributed by atoms with Crippen LogP contribution in [0.3, 0.4) is 0 Å². The number of rotatable bonds is 6. The first kappa shape index (κ1) is 11.9. The summed E-state index contributed by atoms with van der Waals surface area (Å²) in [6.45, 7) is 1.75. The predicted molar refractivity (Wildman–Crippen MR) is 53.7 cm³/mol. The Morgan fingerprint density at radius 3 is 2.83 bits per heavy atom. The monoisotopic (exact) mass is 192 g/mol. The molecule has 0 radical (unpaired) electrons. The minimum Gasteiger partial charge on any atom is -0.270 e. The lowest BCUT2D eigenvalue weighted by atomic mass is 10.1. The van der Waals surface area contributed by atoms with Gasteiger partial charge in [-0.2, -0.15) is 12.6 Å². The van der Waals surface area contributed by atoms with E-state index in [0.29, 0.717) is 6.42 Å².